The Bertz CT molecular complexity index is 966. The molecule has 2 N–H and O–H groups in total. The highest BCUT2D eigenvalue weighted by atomic mass is 16.1. The van der Waals surface area contributed by atoms with Crippen LogP contribution in [0.4, 0.5) is 0 Å². The Hall–Kier alpha value is -3.21. The lowest BCUT2D eigenvalue weighted by atomic mass is 10.0. The number of aromatic amines is 1. The van der Waals surface area contributed by atoms with Gasteiger partial charge in [0, 0.05) is 18.4 Å². The number of nitrogens with zero attached hydrogens (tertiary/aromatic N) is 1. The van der Waals surface area contributed by atoms with Crippen molar-refractivity contribution in [2.45, 2.75) is 38.6 Å². The van der Waals surface area contributed by atoms with Crippen molar-refractivity contribution in [2.75, 3.05) is 0 Å². The van der Waals surface area contributed by atoms with Crippen molar-refractivity contribution in [3.05, 3.63) is 99.7 Å². The molecule has 2 aromatic carbocycles. The number of hydrogen-bond donors (Lipinski definition) is 2. The zero-order valence-electron chi connectivity index (χ0n) is 16.2. The number of rotatable bonds is 7. The molecule has 1 amide bonds. The van der Waals surface area contributed by atoms with E-state index in [1.165, 1.54) is 6.07 Å². The summed E-state index contributed by atoms with van der Waals surface area (Å²) in [6.45, 7) is 3.97. The Morgan fingerprint density at radius 1 is 1.04 bits per heavy atom. The van der Waals surface area contributed by atoms with Crippen LogP contribution in [0.5, 0.6) is 0 Å². The van der Waals surface area contributed by atoms with Crippen LogP contribution in [0.25, 0.3) is 0 Å². The lowest BCUT2D eigenvalue weighted by Gasteiger charge is -2.19. The summed E-state index contributed by atoms with van der Waals surface area (Å²) >= 11 is 0. The van der Waals surface area contributed by atoms with Gasteiger partial charge in [0.1, 0.15) is 5.82 Å². The molecule has 0 spiro atoms. The first-order valence-electron chi connectivity index (χ1n) is 9.49. The number of carbonyl (C=O) groups is 1. The molecule has 0 aliphatic rings. The highest BCUT2D eigenvalue weighted by Gasteiger charge is 2.17. The van der Waals surface area contributed by atoms with Gasteiger partial charge in [-0.05, 0) is 11.1 Å². The molecule has 0 fully saturated rings. The zero-order chi connectivity index (χ0) is 19.9. The number of aromatic nitrogens is 2. The number of H-pyrrole nitrogens is 1. The number of carbonyl (C=O) groups excluding carboxylic acids is 1. The maximum atomic E-state index is 12.6. The summed E-state index contributed by atoms with van der Waals surface area (Å²) in [5.74, 6) is 0.717. The fourth-order valence-corrected chi connectivity index (χ4v) is 3.08. The highest BCUT2D eigenvalue weighted by molar-refractivity contribution is 5.79. The van der Waals surface area contributed by atoms with Gasteiger partial charge in [0.15, 0.2) is 0 Å². The van der Waals surface area contributed by atoms with Crippen LogP contribution in [0.15, 0.2) is 71.5 Å². The maximum absolute atomic E-state index is 12.6. The topological polar surface area (TPSA) is 74.8 Å². The van der Waals surface area contributed by atoms with E-state index in [4.69, 9.17) is 0 Å². The van der Waals surface area contributed by atoms with Gasteiger partial charge in [0.2, 0.25) is 5.91 Å². The molecule has 0 saturated heterocycles. The molecule has 0 aliphatic heterocycles. The van der Waals surface area contributed by atoms with Crippen molar-refractivity contribution in [2.24, 2.45) is 0 Å². The van der Waals surface area contributed by atoms with E-state index in [1.807, 2.05) is 74.5 Å². The second kappa shape index (κ2) is 9.13. The molecule has 0 bridgehead atoms. The first-order chi connectivity index (χ1) is 13.5. The van der Waals surface area contributed by atoms with Crippen molar-refractivity contribution >= 4 is 5.91 Å². The third-order valence-electron chi connectivity index (χ3n) is 4.52. The summed E-state index contributed by atoms with van der Waals surface area (Å²) in [7, 11) is 0. The van der Waals surface area contributed by atoms with Crippen molar-refractivity contribution < 1.29 is 4.79 Å². The highest BCUT2D eigenvalue weighted by Crippen LogP contribution is 2.18. The Morgan fingerprint density at radius 2 is 1.68 bits per heavy atom. The van der Waals surface area contributed by atoms with Gasteiger partial charge in [-0.2, -0.15) is 0 Å². The van der Waals surface area contributed by atoms with E-state index in [2.05, 4.69) is 15.3 Å². The summed E-state index contributed by atoms with van der Waals surface area (Å²) in [4.78, 5) is 32.0. The van der Waals surface area contributed by atoms with Gasteiger partial charge in [-0.1, -0.05) is 74.5 Å². The third kappa shape index (κ3) is 5.39. The first-order valence-corrected chi connectivity index (χ1v) is 9.49. The van der Waals surface area contributed by atoms with E-state index in [-0.39, 0.29) is 23.4 Å². The SMILES string of the molecule is CC(C)c1nc(CC(NC(=O)Cc2ccccc2)c2ccccc2)cc(=O)[nH]1. The van der Waals surface area contributed by atoms with Crippen LogP contribution in [0.1, 0.15) is 48.5 Å². The van der Waals surface area contributed by atoms with Gasteiger partial charge >= 0.3 is 0 Å². The largest absolute Gasteiger partial charge is 0.349 e. The van der Waals surface area contributed by atoms with Gasteiger partial charge in [-0.3, -0.25) is 9.59 Å². The monoisotopic (exact) mass is 375 g/mol. The van der Waals surface area contributed by atoms with Gasteiger partial charge in [-0.25, -0.2) is 4.98 Å². The molecular weight excluding hydrogens is 350 g/mol. The third-order valence-corrected chi connectivity index (χ3v) is 4.52. The molecule has 3 aromatic rings. The Balaban J connectivity index is 1.82. The van der Waals surface area contributed by atoms with Crippen LogP contribution in [0, 0.1) is 0 Å². The molecule has 3 rings (SSSR count). The van der Waals surface area contributed by atoms with Crippen molar-refractivity contribution in [3.8, 4) is 0 Å². The minimum Gasteiger partial charge on any atom is -0.349 e. The molecule has 1 heterocycles. The predicted octanol–water partition coefficient (Wildman–Crippen LogP) is 3.54. The minimum absolute atomic E-state index is 0.0611. The molecule has 5 nitrogen and oxygen atoms in total. The minimum atomic E-state index is -0.258. The Morgan fingerprint density at radius 3 is 2.32 bits per heavy atom. The standard InChI is InChI=1S/C23H25N3O2/c1-16(2)23-24-19(15-22(28)26-23)14-20(18-11-7-4-8-12-18)25-21(27)13-17-9-5-3-6-10-17/h3-12,15-16,20H,13-14H2,1-2H3,(H,25,27)(H,24,26,28). The summed E-state index contributed by atoms with van der Waals surface area (Å²) in [5, 5.41) is 3.11. The molecule has 1 unspecified atom stereocenters. The molecule has 0 radical (unpaired) electrons. The van der Waals surface area contributed by atoms with Crippen LogP contribution < -0.4 is 10.9 Å². The molecule has 0 saturated carbocycles. The summed E-state index contributed by atoms with van der Waals surface area (Å²) < 4.78 is 0. The normalized spacial score (nSPS) is 12.0. The van der Waals surface area contributed by atoms with Crippen LogP contribution in [-0.2, 0) is 17.6 Å². The molecule has 1 atom stereocenters. The second-order valence-electron chi connectivity index (χ2n) is 7.17. The molecule has 5 heteroatoms. The number of benzene rings is 2. The molecule has 1 aromatic heterocycles. The number of nitrogens with one attached hydrogen (secondary N) is 2. The van der Waals surface area contributed by atoms with E-state index in [0.717, 1.165) is 11.1 Å². The lowest BCUT2D eigenvalue weighted by Crippen LogP contribution is -2.31. The molecule has 144 valence electrons. The second-order valence-corrected chi connectivity index (χ2v) is 7.17. The molecule has 28 heavy (non-hydrogen) atoms. The first kappa shape index (κ1) is 19.5. The van der Waals surface area contributed by atoms with E-state index in [1.54, 1.807) is 0 Å². The Kier molecular flexibility index (Phi) is 6.37. The van der Waals surface area contributed by atoms with Crippen LogP contribution in [0.2, 0.25) is 0 Å². The summed E-state index contributed by atoms with van der Waals surface area (Å²) in [5.41, 5.74) is 2.44. The van der Waals surface area contributed by atoms with Crippen LogP contribution in [-0.4, -0.2) is 15.9 Å². The van der Waals surface area contributed by atoms with Gasteiger partial charge in [-0.15, -0.1) is 0 Å². The fourth-order valence-electron chi connectivity index (χ4n) is 3.08. The van der Waals surface area contributed by atoms with E-state index >= 15 is 0 Å². The summed E-state index contributed by atoms with van der Waals surface area (Å²) in [6.07, 6.45) is 0.762. The van der Waals surface area contributed by atoms with Crippen LogP contribution in [0.3, 0.4) is 0 Å². The average molecular weight is 375 g/mol. The molecular formula is C23H25N3O2. The van der Waals surface area contributed by atoms with Crippen LogP contribution >= 0.6 is 0 Å². The maximum Gasteiger partial charge on any atom is 0.251 e. The quantitative estimate of drug-likeness (QED) is 0.663. The predicted molar refractivity (Wildman–Crippen MR) is 110 cm³/mol. The number of amides is 1. The van der Waals surface area contributed by atoms with E-state index < -0.39 is 0 Å². The van der Waals surface area contributed by atoms with Crippen molar-refractivity contribution in [3.63, 3.8) is 0 Å². The molecule has 0 aliphatic carbocycles. The number of hydrogen-bond acceptors (Lipinski definition) is 3. The fraction of sp³-hybridized carbons (Fsp3) is 0.261. The Labute approximate surface area is 164 Å². The van der Waals surface area contributed by atoms with Gasteiger partial charge in [0.05, 0.1) is 18.2 Å². The average Bonchev–Trinajstić information content (AvgIpc) is 2.68. The van der Waals surface area contributed by atoms with Gasteiger partial charge < -0.3 is 10.3 Å². The van der Waals surface area contributed by atoms with E-state index in [0.29, 0.717) is 24.4 Å². The zero-order valence-corrected chi connectivity index (χ0v) is 16.2. The van der Waals surface area contributed by atoms with Crippen molar-refractivity contribution in [1.82, 2.24) is 15.3 Å². The lowest BCUT2D eigenvalue weighted by molar-refractivity contribution is -0.121. The smallest absolute Gasteiger partial charge is 0.251 e. The van der Waals surface area contributed by atoms with Crippen molar-refractivity contribution in [1.29, 1.82) is 0 Å². The van der Waals surface area contributed by atoms with E-state index in [9.17, 15) is 9.59 Å². The summed E-state index contributed by atoms with van der Waals surface area (Å²) in [6, 6.07) is 20.7. The van der Waals surface area contributed by atoms with Gasteiger partial charge in [0.25, 0.3) is 5.56 Å².